The number of rotatable bonds is 5. The number of thiophene rings is 1. The molecule has 0 saturated heterocycles. The van der Waals surface area contributed by atoms with Gasteiger partial charge in [0.05, 0.1) is 0 Å². The fourth-order valence-electron chi connectivity index (χ4n) is 2.73. The van der Waals surface area contributed by atoms with Crippen molar-refractivity contribution in [1.29, 1.82) is 0 Å². The van der Waals surface area contributed by atoms with Crippen LogP contribution in [0.25, 0.3) is 6.08 Å². The molecule has 0 fully saturated rings. The summed E-state index contributed by atoms with van der Waals surface area (Å²) < 4.78 is 0. The molecule has 3 rings (SSSR count). The Morgan fingerprint density at radius 1 is 0.964 bits per heavy atom. The lowest BCUT2D eigenvalue weighted by Crippen LogP contribution is -2.31. The van der Waals surface area contributed by atoms with E-state index in [2.05, 4.69) is 10.6 Å². The van der Waals surface area contributed by atoms with Crippen molar-refractivity contribution in [1.82, 2.24) is 5.32 Å². The minimum atomic E-state index is -0.358. The van der Waals surface area contributed by atoms with Crippen LogP contribution in [0.3, 0.4) is 0 Å². The molecule has 4 nitrogen and oxygen atoms in total. The van der Waals surface area contributed by atoms with Crippen LogP contribution in [0, 0.1) is 20.8 Å². The van der Waals surface area contributed by atoms with Crippen molar-refractivity contribution in [2.45, 2.75) is 20.8 Å². The molecule has 2 aromatic carbocycles. The Bertz CT molecular complexity index is 1040. The van der Waals surface area contributed by atoms with Gasteiger partial charge in [-0.3, -0.25) is 9.59 Å². The highest BCUT2D eigenvalue weighted by molar-refractivity contribution is 7.10. The smallest absolute Gasteiger partial charge is 0.272 e. The van der Waals surface area contributed by atoms with E-state index < -0.39 is 0 Å². The van der Waals surface area contributed by atoms with Gasteiger partial charge in [0.2, 0.25) is 0 Å². The molecule has 142 valence electrons. The van der Waals surface area contributed by atoms with Gasteiger partial charge in [0.1, 0.15) is 5.70 Å². The Morgan fingerprint density at radius 2 is 1.75 bits per heavy atom. The summed E-state index contributed by atoms with van der Waals surface area (Å²) in [5, 5.41) is 7.61. The zero-order valence-corrected chi connectivity index (χ0v) is 16.9. The lowest BCUT2D eigenvalue weighted by molar-refractivity contribution is -0.113. The number of nitrogens with one attached hydrogen (secondary N) is 2. The van der Waals surface area contributed by atoms with E-state index in [0.717, 1.165) is 27.3 Å². The second-order valence-electron chi connectivity index (χ2n) is 6.60. The molecule has 2 amide bonds. The monoisotopic (exact) mass is 390 g/mol. The maximum atomic E-state index is 12.9. The van der Waals surface area contributed by atoms with E-state index in [0.29, 0.717) is 5.56 Å². The molecule has 0 bridgehead atoms. The molecule has 5 heteroatoms. The predicted octanol–water partition coefficient (Wildman–Crippen LogP) is 5.08. The second kappa shape index (κ2) is 8.67. The number of amides is 2. The predicted molar refractivity (Wildman–Crippen MR) is 115 cm³/mol. The Kier molecular flexibility index (Phi) is 6.06. The quantitative estimate of drug-likeness (QED) is 0.597. The van der Waals surface area contributed by atoms with Crippen LogP contribution in [0.1, 0.15) is 31.9 Å². The van der Waals surface area contributed by atoms with Crippen molar-refractivity contribution in [3.05, 3.63) is 92.8 Å². The molecule has 0 atom stereocenters. The van der Waals surface area contributed by atoms with E-state index in [9.17, 15) is 9.59 Å². The fourth-order valence-corrected chi connectivity index (χ4v) is 3.39. The normalized spacial score (nSPS) is 11.2. The third-order valence-corrected chi connectivity index (χ3v) is 5.28. The largest absolute Gasteiger partial charge is 0.320 e. The maximum absolute atomic E-state index is 12.9. The first kappa shape index (κ1) is 19.6. The first-order chi connectivity index (χ1) is 13.4. The average Bonchev–Trinajstić information content (AvgIpc) is 3.18. The molecule has 0 spiro atoms. The SMILES string of the molecule is Cc1cccc(C(=O)N/C(=C\c2cccs2)C(=O)Nc2cccc(C)c2C)c1. The van der Waals surface area contributed by atoms with Crippen LogP contribution in [-0.4, -0.2) is 11.8 Å². The van der Waals surface area contributed by atoms with Crippen LogP contribution >= 0.6 is 11.3 Å². The zero-order valence-electron chi connectivity index (χ0n) is 16.1. The molecular weight excluding hydrogens is 368 g/mol. The number of carbonyl (C=O) groups is 2. The van der Waals surface area contributed by atoms with Crippen molar-refractivity contribution in [2.75, 3.05) is 5.32 Å². The summed E-state index contributed by atoms with van der Waals surface area (Å²) in [6.07, 6.45) is 1.69. The highest BCUT2D eigenvalue weighted by Crippen LogP contribution is 2.20. The van der Waals surface area contributed by atoms with Gasteiger partial charge in [-0.2, -0.15) is 0 Å². The van der Waals surface area contributed by atoms with Gasteiger partial charge in [0.15, 0.2) is 0 Å². The summed E-state index contributed by atoms with van der Waals surface area (Å²) in [6.45, 7) is 5.87. The van der Waals surface area contributed by atoms with Crippen molar-refractivity contribution in [3.63, 3.8) is 0 Å². The van der Waals surface area contributed by atoms with Gasteiger partial charge in [-0.25, -0.2) is 0 Å². The molecule has 3 aromatic rings. The van der Waals surface area contributed by atoms with Crippen LogP contribution in [-0.2, 0) is 4.79 Å². The van der Waals surface area contributed by atoms with Gasteiger partial charge in [-0.1, -0.05) is 35.9 Å². The molecule has 0 radical (unpaired) electrons. The number of hydrogen-bond acceptors (Lipinski definition) is 3. The van der Waals surface area contributed by atoms with E-state index in [4.69, 9.17) is 0 Å². The Hall–Kier alpha value is -3.18. The van der Waals surface area contributed by atoms with E-state index in [1.54, 1.807) is 18.2 Å². The topological polar surface area (TPSA) is 58.2 Å². The summed E-state index contributed by atoms with van der Waals surface area (Å²) in [7, 11) is 0. The summed E-state index contributed by atoms with van der Waals surface area (Å²) >= 11 is 1.50. The lowest BCUT2D eigenvalue weighted by atomic mass is 10.1. The van der Waals surface area contributed by atoms with Crippen LogP contribution in [0.15, 0.2) is 65.7 Å². The van der Waals surface area contributed by atoms with Crippen LogP contribution in [0.5, 0.6) is 0 Å². The van der Waals surface area contributed by atoms with Gasteiger partial charge >= 0.3 is 0 Å². The summed E-state index contributed by atoms with van der Waals surface area (Å²) in [5.41, 5.74) is 4.51. The first-order valence-electron chi connectivity index (χ1n) is 8.95. The fraction of sp³-hybridized carbons (Fsp3) is 0.130. The number of aryl methyl sites for hydroxylation is 2. The number of benzene rings is 2. The maximum Gasteiger partial charge on any atom is 0.272 e. The Morgan fingerprint density at radius 3 is 2.46 bits per heavy atom. The molecule has 0 aliphatic carbocycles. The Labute approximate surface area is 168 Å². The van der Waals surface area contributed by atoms with Crippen molar-refractivity contribution < 1.29 is 9.59 Å². The third-order valence-electron chi connectivity index (χ3n) is 4.46. The molecule has 1 heterocycles. The first-order valence-corrected chi connectivity index (χ1v) is 9.83. The molecular formula is C23H22N2O2S. The third kappa shape index (κ3) is 4.75. The van der Waals surface area contributed by atoms with Crippen molar-refractivity contribution >= 4 is 34.9 Å². The minimum Gasteiger partial charge on any atom is -0.320 e. The summed E-state index contributed by atoms with van der Waals surface area (Å²) in [4.78, 5) is 26.5. The second-order valence-corrected chi connectivity index (χ2v) is 7.58. The standard InChI is InChI=1S/C23H22N2O2S/c1-15-7-4-9-18(13-15)22(26)25-21(14-19-10-6-12-28-19)23(27)24-20-11-5-8-16(2)17(20)3/h4-14H,1-3H3,(H,24,27)(H,25,26)/b21-14-. The minimum absolute atomic E-state index is 0.204. The summed E-state index contributed by atoms with van der Waals surface area (Å²) in [6, 6.07) is 16.8. The molecule has 0 aliphatic rings. The molecule has 28 heavy (non-hydrogen) atoms. The van der Waals surface area contributed by atoms with Crippen LogP contribution in [0.4, 0.5) is 5.69 Å². The lowest BCUT2D eigenvalue weighted by Gasteiger charge is -2.13. The molecule has 1 aromatic heterocycles. The van der Waals surface area contributed by atoms with Crippen LogP contribution < -0.4 is 10.6 Å². The number of anilines is 1. The number of carbonyl (C=O) groups excluding carboxylic acids is 2. The average molecular weight is 391 g/mol. The van der Waals surface area contributed by atoms with E-state index >= 15 is 0 Å². The molecule has 0 unspecified atom stereocenters. The van der Waals surface area contributed by atoms with Crippen molar-refractivity contribution in [2.24, 2.45) is 0 Å². The Balaban J connectivity index is 1.88. The zero-order chi connectivity index (χ0) is 20.1. The van der Waals surface area contributed by atoms with E-state index in [-0.39, 0.29) is 17.5 Å². The number of hydrogen-bond donors (Lipinski definition) is 2. The summed E-state index contributed by atoms with van der Waals surface area (Å²) in [5.74, 6) is -0.675. The van der Waals surface area contributed by atoms with Gasteiger partial charge < -0.3 is 10.6 Å². The van der Waals surface area contributed by atoms with Crippen LogP contribution in [0.2, 0.25) is 0 Å². The highest BCUT2D eigenvalue weighted by atomic mass is 32.1. The molecule has 2 N–H and O–H groups in total. The molecule has 0 saturated carbocycles. The van der Waals surface area contributed by atoms with Gasteiger partial charge in [-0.15, -0.1) is 11.3 Å². The highest BCUT2D eigenvalue weighted by Gasteiger charge is 2.16. The molecule has 0 aliphatic heterocycles. The van der Waals surface area contributed by atoms with Gasteiger partial charge in [0, 0.05) is 16.1 Å². The van der Waals surface area contributed by atoms with E-state index in [1.165, 1.54) is 11.3 Å². The van der Waals surface area contributed by atoms with E-state index in [1.807, 2.05) is 68.6 Å². The van der Waals surface area contributed by atoms with Gasteiger partial charge in [0.25, 0.3) is 11.8 Å². The van der Waals surface area contributed by atoms with Crippen molar-refractivity contribution in [3.8, 4) is 0 Å². The van der Waals surface area contributed by atoms with Gasteiger partial charge in [-0.05, 0) is 67.6 Å².